The summed E-state index contributed by atoms with van der Waals surface area (Å²) in [5.41, 5.74) is 2.96. The van der Waals surface area contributed by atoms with Crippen LogP contribution in [0.4, 0.5) is 10.5 Å². The second-order valence-electron chi connectivity index (χ2n) is 8.68. The fraction of sp³-hybridized carbons (Fsp3) is 0.458. The Bertz CT molecular complexity index is 833. The number of nitrogens with zero attached hydrogens (tertiary/aromatic N) is 2. The van der Waals surface area contributed by atoms with Crippen molar-refractivity contribution in [3.63, 3.8) is 0 Å². The van der Waals surface area contributed by atoms with Crippen molar-refractivity contribution in [2.45, 2.75) is 39.2 Å². The van der Waals surface area contributed by atoms with Gasteiger partial charge in [0.05, 0.1) is 6.54 Å². The van der Waals surface area contributed by atoms with E-state index in [4.69, 9.17) is 4.74 Å². The Hall–Kier alpha value is -2.73. The number of hydrogen-bond donors (Lipinski definition) is 2. The fourth-order valence-electron chi connectivity index (χ4n) is 3.96. The Balaban J connectivity index is 1.23. The van der Waals surface area contributed by atoms with Gasteiger partial charge >= 0.3 is 6.03 Å². The van der Waals surface area contributed by atoms with Crippen LogP contribution in [0.15, 0.2) is 60.1 Å². The molecule has 0 radical (unpaired) electrons. The van der Waals surface area contributed by atoms with E-state index in [1.54, 1.807) is 4.90 Å². The predicted molar refractivity (Wildman–Crippen MR) is 120 cm³/mol. The predicted octanol–water partition coefficient (Wildman–Crippen LogP) is 4.31. The van der Waals surface area contributed by atoms with Gasteiger partial charge in [0.2, 0.25) is 0 Å². The van der Waals surface area contributed by atoms with Gasteiger partial charge in [0.15, 0.2) is 0 Å². The number of piperidine rings is 1. The highest BCUT2D eigenvalue weighted by atomic mass is 16.5. The van der Waals surface area contributed by atoms with Gasteiger partial charge in [0.1, 0.15) is 11.9 Å². The van der Waals surface area contributed by atoms with Gasteiger partial charge in [-0.1, -0.05) is 13.8 Å². The van der Waals surface area contributed by atoms with Crippen LogP contribution in [0.5, 0.6) is 5.75 Å². The zero-order chi connectivity index (χ0) is 20.9. The van der Waals surface area contributed by atoms with Crippen molar-refractivity contribution in [1.82, 2.24) is 15.1 Å². The molecule has 3 heterocycles. The van der Waals surface area contributed by atoms with Gasteiger partial charge in [-0.2, -0.15) is 0 Å². The number of urea groups is 1. The third-order valence-corrected chi connectivity index (χ3v) is 5.85. The molecule has 3 aliphatic rings. The van der Waals surface area contributed by atoms with Crippen molar-refractivity contribution < 1.29 is 9.53 Å². The first kappa shape index (κ1) is 20.5. The van der Waals surface area contributed by atoms with Crippen LogP contribution >= 0.6 is 0 Å². The molecule has 0 bridgehead atoms. The van der Waals surface area contributed by atoms with Crippen molar-refractivity contribution in [2.75, 3.05) is 31.5 Å². The van der Waals surface area contributed by atoms with E-state index in [0.717, 1.165) is 54.4 Å². The molecule has 1 saturated heterocycles. The largest absolute Gasteiger partial charge is 0.490 e. The van der Waals surface area contributed by atoms with Crippen molar-refractivity contribution in [3.8, 4) is 5.75 Å². The topological polar surface area (TPSA) is 56.8 Å². The lowest BCUT2D eigenvalue weighted by Gasteiger charge is -2.32. The third-order valence-electron chi connectivity index (χ3n) is 5.85. The first-order chi connectivity index (χ1) is 14.6. The van der Waals surface area contributed by atoms with Crippen LogP contribution in [-0.2, 0) is 0 Å². The van der Waals surface area contributed by atoms with E-state index in [1.807, 2.05) is 48.9 Å². The molecule has 1 aromatic carbocycles. The smallest absolute Gasteiger partial charge is 0.326 e. The minimum Gasteiger partial charge on any atom is -0.490 e. The normalized spacial score (nSPS) is 19.2. The molecule has 0 spiro atoms. The van der Waals surface area contributed by atoms with Crippen LogP contribution in [0.1, 0.15) is 33.1 Å². The van der Waals surface area contributed by atoms with Gasteiger partial charge in [-0.25, -0.2) is 4.79 Å². The summed E-state index contributed by atoms with van der Waals surface area (Å²) in [4.78, 5) is 16.8. The second-order valence-corrected chi connectivity index (χ2v) is 8.68. The summed E-state index contributed by atoms with van der Waals surface area (Å²) < 4.78 is 6.17. The number of fused-ring (bicyclic) bond motifs is 1. The van der Waals surface area contributed by atoms with E-state index in [9.17, 15) is 4.79 Å². The number of dihydropyridines is 1. The van der Waals surface area contributed by atoms with E-state index in [-0.39, 0.29) is 12.1 Å². The lowest BCUT2D eigenvalue weighted by Crippen LogP contribution is -2.39. The number of likely N-dealkylation sites (tertiary alicyclic amines) is 1. The molecule has 0 unspecified atom stereocenters. The number of nitrogens with one attached hydrogen (secondary N) is 2. The van der Waals surface area contributed by atoms with Crippen molar-refractivity contribution in [3.05, 3.63) is 60.1 Å². The van der Waals surface area contributed by atoms with Gasteiger partial charge in [0.25, 0.3) is 0 Å². The first-order valence-corrected chi connectivity index (χ1v) is 11.0. The van der Waals surface area contributed by atoms with Gasteiger partial charge in [0, 0.05) is 37.4 Å². The fourth-order valence-corrected chi connectivity index (χ4v) is 3.96. The average Bonchev–Trinajstić information content (AvgIpc) is 3.19. The molecule has 0 aromatic heterocycles. The van der Waals surface area contributed by atoms with Crippen LogP contribution in [0, 0.1) is 5.92 Å². The number of rotatable bonds is 6. The minimum atomic E-state index is -0.131. The molecule has 160 valence electrons. The van der Waals surface area contributed by atoms with E-state index >= 15 is 0 Å². The molecule has 30 heavy (non-hydrogen) atoms. The monoisotopic (exact) mass is 408 g/mol. The molecule has 0 atom stereocenters. The summed E-state index contributed by atoms with van der Waals surface area (Å²) in [5, 5.41) is 6.02. The highest BCUT2D eigenvalue weighted by Crippen LogP contribution is 2.25. The maximum atomic E-state index is 12.5. The summed E-state index contributed by atoms with van der Waals surface area (Å²) in [5.74, 6) is 1.62. The van der Waals surface area contributed by atoms with E-state index < -0.39 is 0 Å². The first-order valence-electron chi connectivity index (χ1n) is 11.0. The van der Waals surface area contributed by atoms with Crippen LogP contribution in [0.2, 0.25) is 0 Å². The van der Waals surface area contributed by atoms with E-state index in [1.165, 1.54) is 13.0 Å². The van der Waals surface area contributed by atoms with Gasteiger partial charge < -0.3 is 20.3 Å². The summed E-state index contributed by atoms with van der Waals surface area (Å²) in [6, 6.07) is 7.56. The quantitative estimate of drug-likeness (QED) is 0.737. The molecule has 1 fully saturated rings. The summed E-state index contributed by atoms with van der Waals surface area (Å²) in [7, 11) is 0. The summed E-state index contributed by atoms with van der Waals surface area (Å²) in [6.45, 7) is 8.55. The molecule has 3 aliphatic heterocycles. The van der Waals surface area contributed by atoms with Crippen molar-refractivity contribution >= 4 is 11.7 Å². The molecule has 1 aromatic rings. The molecule has 6 nitrogen and oxygen atoms in total. The Kier molecular flexibility index (Phi) is 6.43. The lowest BCUT2D eigenvalue weighted by molar-refractivity contribution is 0.0980. The van der Waals surface area contributed by atoms with Crippen molar-refractivity contribution in [2.24, 2.45) is 5.92 Å². The Labute approximate surface area is 179 Å². The van der Waals surface area contributed by atoms with Crippen molar-refractivity contribution in [1.29, 1.82) is 0 Å². The molecular weight excluding hydrogens is 376 g/mol. The molecule has 0 aliphatic carbocycles. The molecule has 2 N–H and O–H groups in total. The second kappa shape index (κ2) is 9.39. The number of ether oxygens (including phenoxy) is 1. The maximum absolute atomic E-state index is 12.5. The minimum absolute atomic E-state index is 0.131. The molecule has 2 amide bonds. The zero-order valence-electron chi connectivity index (χ0n) is 17.9. The standard InChI is InChI=1S/C24H32N4O2/c1-18(2)8-12-27-13-9-23(10-14-27)30-22-5-3-21(4-6-22)26-24(29)28-16-19-7-11-25-15-20(19)17-28/h3-7,11,15-16,18,23,25H,8-10,12-14,17H2,1-2H3,(H,26,29). The molecular formula is C24H32N4O2. The number of carbonyl (C=O) groups excluding carboxylic acids is 1. The Morgan fingerprint density at radius 3 is 2.70 bits per heavy atom. The number of amides is 2. The Morgan fingerprint density at radius 1 is 1.23 bits per heavy atom. The number of anilines is 1. The number of allylic oxidation sites excluding steroid dienone is 1. The highest BCUT2D eigenvalue weighted by molar-refractivity contribution is 5.91. The maximum Gasteiger partial charge on any atom is 0.326 e. The SMILES string of the molecule is CC(C)CCN1CCC(Oc2ccc(NC(=O)N3C=C4C=CNC=C4C3)cc2)CC1. The molecule has 6 heteroatoms. The van der Waals surface area contributed by atoms with Gasteiger partial charge in [-0.3, -0.25) is 4.90 Å². The third kappa shape index (κ3) is 5.25. The lowest BCUT2D eigenvalue weighted by atomic mass is 10.1. The Morgan fingerprint density at radius 2 is 2.00 bits per heavy atom. The summed E-state index contributed by atoms with van der Waals surface area (Å²) >= 11 is 0. The molecule has 0 saturated carbocycles. The van der Waals surface area contributed by atoms with Gasteiger partial charge in [-0.05, 0) is 73.2 Å². The summed E-state index contributed by atoms with van der Waals surface area (Å²) in [6.07, 6.45) is 11.3. The zero-order valence-corrected chi connectivity index (χ0v) is 17.9. The van der Waals surface area contributed by atoms with Gasteiger partial charge in [-0.15, -0.1) is 0 Å². The van der Waals surface area contributed by atoms with Crippen LogP contribution < -0.4 is 15.4 Å². The van der Waals surface area contributed by atoms with Crippen LogP contribution in [0.3, 0.4) is 0 Å². The number of hydrogen-bond acceptors (Lipinski definition) is 4. The highest BCUT2D eigenvalue weighted by Gasteiger charge is 2.23. The van der Waals surface area contributed by atoms with Crippen LogP contribution in [0.25, 0.3) is 0 Å². The molecule has 4 rings (SSSR count). The van der Waals surface area contributed by atoms with E-state index in [0.29, 0.717) is 6.54 Å². The average molecular weight is 409 g/mol. The van der Waals surface area contributed by atoms with Crippen LogP contribution in [-0.4, -0.2) is 48.1 Å². The van der Waals surface area contributed by atoms with E-state index in [2.05, 4.69) is 29.4 Å². The number of benzene rings is 1. The number of carbonyl (C=O) groups is 1.